The van der Waals surface area contributed by atoms with Crippen molar-refractivity contribution in [3.8, 4) is 0 Å². The highest BCUT2D eigenvalue weighted by Crippen LogP contribution is 2.27. The highest BCUT2D eigenvalue weighted by molar-refractivity contribution is 5.46. The quantitative estimate of drug-likeness (QED) is 0.722. The molecule has 1 aliphatic rings. The van der Waals surface area contributed by atoms with Gasteiger partial charge in [0.2, 0.25) is 5.95 Å². The summed E-state index contributed by atoms with van der Waals surface area (Å²) in [5.74, 6) is 1.45. The fourth-order valence-electron chi connectivity index (χ4n) is 2.68. The van der Waals surface area contributed by atoms with Crippen molar-refractivity contribution in [1.82, 2.24) is 9.97 Å². The summed E-state index contributed by atoms with van der Waals surface area (Å²) >= 11 is 0. The van der Waals surface area contributed by atoms with Gasteiger partial charge in [-0.25, -0.2) is 4.98 Å². The van der Waals surface area contributed by atoms with Crippen molar-refractivity contribution in [2.24, 2.45) is 0 Å². The molecule has 112 valence electrons. The van der Waals surface area contributed by atoms with E-state index in [2.05, 4.69) is 20.6 Å². The van der Waals surface area contributed by atoms with Crippen molar-refractivity contribution in [3.05, 3.63) is 11.8 Å². The summed E-state index contributed by atoms with van der Waals surface area (Å²) in [6.07, 6.45) is 8.27. The number of nitrogens with zero attached hydrogens (tertiary/aromatic N) is 2. The number of anilines is 2. The molecular formula is C15H26N4O. The molecule has 3 N–H and O–H groups in total. The summed E-state index contributed by atoms with van der Waals surface area (Å²) < 4.78 is 0. The molecule has 1 aromatic heterocycles. The Kier molecular flexibility index (Phi) is 5.17. The molecule has 1 heterocycles. The van der Waals surface area contributed by atoms with Gasteiger partial charge in [-0.1, -0.05) is 25.7 Å². The van der Waals surface area contributed by atoms with E-state index in [0.717, 1.165) is 43.6 Å². The molecule has 0 bridgehead atoms. The molecule has 5 nitrogen and oxygen atoms in total. The van der Waals surface area contributed by atoms with Crippen molar-refractivity contribution in [3.63, 3.8) is 0 Å². The van der Waals surface area contributed by atoms with Crippen LogP contribution in [0.5, 0.6) is 0 Å². The van der Waals surface area contributed by atoms with Gasteiger partial charge in [0.05, 0.1) is 5.60 Å². The molecule has 0 aromatic carbocycles. The minimum Gasteiger partial charge on any atom is -0.388 e. The van der Waals surface area contributed by atoms with E-state index in [1.807, 2.05) is 20.0 Å². The molecule has 2 rings (SSSR count). The molecule has 20 heavy (non-hydrogen) atoms. The summed E-state index contributed by atoms with van der Waals surface area (Å²) in [4.78, 5) is 8.69. The van der Waals surface area contributed by atoms with Crippen molar-refractivity contribution < 1.29 is 5.11 Å². The largest absolute Gasteiger partial charge is 0.388 e. The van der Waals surface area contributed by atoms with Crippen molar-refractivity contribution >= 4 is 11.8 Å². The van der Waals surface area contributed by atoms with E-state index in [1.165, 1.54) is 12.8 Å². The maximum Gasteiger partial charge on any atom is 0.224 e. The molecule has 1 aromatic rings. The predicted octanol–water partition coefficient (Wildman–Crippen LogP) is 2.71. The van der Waals surface area contributed by atoms with Crippen LogP contribution in [0.25, 0.3) is 0 Å². The molecule has 1 aliphatic carbocycles. The number of hydrogen-bond donors (Lipinski definition) is 3. The van der Waals surface area contributed by atoms with E-state index < -0.39 is 5.60 Å². The van der Waals surface area contributed by atoms with Crippen LogP contribution in [-0.2, 0) is 0 Å². The van der Waals surface area contributed by atoms with Crippen LogP contribution in [0.15, 0.2) is 6.20 Å². The summed E-state index contributed by atoms with van der Waals surface area (Å²) in [5, 5.41) is 17.1. The van der Waals surface area contributed by atoms with E-state index in [0.29, 0.717) is 12.5 Å². The van der Waals surface area contributed by atoms with Crippen LogP contribution in [0.3, 0.4) is 0 Å². The maximum atomic E-state index is 10.7. The Labute approximate surface area is 121 Å². The Morgan fingerprint density at radius 3 is 2.55 bits per heavy atom. The van der Waals surface area contributed by atoms with E-state index in [4.69, 9.17) is 0 Å². The third-order valence-corrected chi connectivity index (χ3v) is 3.93. The third-order valence-electron chi connectivity index (χ3n) is 3.93. The summed E-state index contributed by atoms with van der Waals surface area (Å²) in [6, 6.07) is 0. The van der Waals surface area contributed by atoms with Crippen LogP contribution >= 0.6 is 0 Å². The lowest BCUT2D eigenvalue weighted by atomic mass is 9.94. The topological polar surface area (TPSA) is 70.1 Å². The molecule has 5 heteroatoms. The van der Waals surface area contributed by atoms with Gasteiger partial charge in [-0.15, -0.1) is 0 Å². The molecule has 0 unspecified atom stereocenters. The van der Waals surface area contributed by atoms with Gasteiger partial charge < -0.3 is 15.7 Å². The molecule has 0 amide bonds. The second kappa shape index (κ2) is 6.88. The minimum absolute atomic E-state index is 0.566. The molecule has 1 fully saturated rings. The average Bonchev–Trinajstić information content (AvgIpc) is 2.65. The SMILES string of the molecule is CCNc1ncc(C)c(NCC2(O)CCCCCC2)n1. The van der Waals surface area contributed by atoms with E-state index in [1.54, 1.807) is 0 Å². The monoisotopic (exact) mass is 278 g/mol. The van der Waals surface area contributed by atoms with Crippen LogP contribution in [0.2, 0.25) is 0 Å². The average molecular weight is 278 g/mol. The number of nitrogens with one attached hydrogen (secondary N) is 2. The normalized spacial score (nSPS) is 18.4. The van der Waals surface area contributed by atoms with Gasteiger partial charge in [-0.05, 0) is 26.7 Å². The number of aromatic nitrogens is 2. The first kappa shape index (κ1) is 15.0. The molecule has 1 saturated carbocycles. The highest BCUT2D eigenvalue weighted by Gasteiger charge is 2.27. The van der Waals surface area contributed by atoms with E-state index in [-0.39, 0.29) is 0 Å². The molecule has 0 aliphatic heterocycles. The van der Waals surface area contributed by atoms with Gasteiger partial charge in [0, 0.05) is 24.8 Å². The fourth-order valence-corrected chi connectivity index (χ4v) is 2.68. The van der Waals surface area contributed by atoms with Gasteiger partial charge in [-0.3, -0.25) is 0 Å². The number of rotatable bonds is 5. The Balaban J connectivity index is 2.00. The van der Waals surface area contributed by atoms with Crippen LogP contribution in [0.4, 0.5) is 11.8 Å². The first-order valence-corrected chi connectivity index (χ1v) is 7.67. The maximum absolute atomic E-state index is 10.7. The number of hydrogen-bond acceptors (Lipinski definition) is 5. The number of aliphatic hydroxyl groups is 1. The van der Waals surface area contributed by atoms with Gasteiger partial charge >= 0.3 is 0 Å². The first-order chi connectivity index (χ1) is 9.63. The zero-order valence-electron chi connectivity index (χ0n) is 12.6. The number of aryl methyl sites for hydroxylation is 1. The third kappa shape index (κ3) is 4.07. The van der Waals surface area contributed by atoms with Crippen LogP contribution in [0.1, 0.15) is 51.0 Å². The zero-order chi connectivity index (χ0) is 14.4. The predicted molar refractivity (Wildman–Crippen MR) is 82.1 cm³/mol. The Morgan fingerprint density at radius 2 is 1.90 bits per heavy atom. The fraction of sp³-hybridized carbons (Fsp3) is 0.733. The van der Waals surface area contributed by atoms with Crippen LogP contribution in [0, 0.1) is 6.92 Å². The smallest absolute Gasteiger partial charge is 0.224 e. The van der Waals surface area contributed by atoms with Gasteiger partial charge in [0.15, 0.2) is 0 Å². The second-order valence-electron chi connectivity index (χ2n) is 5.75. The summed E-state index contributed by atoms with van der Waals surface area (Å²) in [6.45, 7) is 5.36. The van der Waals surface area contributed by atoms with Crippen molar-refractivity contribution in [1.29, 1.82) is 0 Å². The van der Waals surface area contributed by atoms with Crippen LogP contribution in [-0.4, -0.2) is 33.8 Å². The lowest BCUT2D eigenvalue weighted by Gasteiger charge is -2.27. The first-order valence-electron chi connectivity index (χ1n) is 7.67. The van der Waals surface area contributed by atoms with E-state index in [9.17, 15) is 5.11 Å². The van der Waals surface area contributed by atoms with E-state index >= 15 is 0 Å². The van der Waals surface area contributed by atoms with Gasteiger partial charge in [-0.2, -0.15) is 4.98 Å². The zero-order valence-corrected chi connectivity index (χ0v) is 12.6. The Bertz CT molecular complexity index is 428. The van der Waals surface area contributed by atoms with Crippen molar-refractivity contribution in [2.45, 2.75) is 58.0 Å². The van der Waals surface area contributed by atoms with Gasteiger partial charge in [0.1, 0.15) is 5.82 Å². The Morgan fingerprint density at radius 1 is 1.20 bits per heavy atom. The summed E-state index contributed by atoms with van der Waals surface area (Å²) in [5.41, 5.74) is 0.413. The lowest BCUT2D eigenvalue weighted by Crippen LogP contribution is -2.36. The standard InChI is InChI=1S/C15H26N4O/c1-3-16-14-17-10-12(2)13(19-14)18-11-15(20)8-6-4-5-7-9-15/h10,20H,3-9,11H2,1-2H3,(H2,16,17,18,19). The summed E-state index contributed by atoms with van der Waals surface area (Å²) in [7, 11) is 0. The molecular weight excluding hydrogens is 252 g/mol. The molecule has 0 spiro atoms. The van der Waals surface area contributed by atoms with Crippen molar-refractivity contribution in [2.75, 3.05) is 23.7 Å². The lowest BCUT2D eigenvalue weighted by molar-refractivity contribution is 0.0380. The molecule has 0 atom stereocenters. The molecule has 0 saturated heterocycles. The highest BCUT2D eigenvalue weighted by atomic mass is 16.3. The Hall–Kier alpha value is -1.36. The van der Waals surface area contributed by atoms with Gasteiger partial charge in [0.25, 0.3) is 0 Å². The molecule has 0 radical (unpaired) electrons. The minimum atomic E-state index is -0.591. The second-order valence-corrected chi connectivity index (χ2v) is 5.75. The van der Waals surface area contributed by atoms with Crippen LogP contribution < -0.4 is 10.6 Å².